The average molecular weight is 450 g/mol. The molecule has 0 saturated heterocycles. The van der Waals surface area contributed by atoms with Crippen LogP contribution in [0.15, 0.2) is 0 Å². The number of aliphatic hydroxyl groups is 1. The van der Waals surface area contributed by atoms with Crippen LogP contribution in [0.1, 0.15) is 142 Å². The number of quaternary nitrogens is 1. The quantitative estimate of drug-likeness (QED) is 0.181. The summed E-state index contributed by atoms with van der Waals surface area (Å²) in [5, 5.41) is 7.57. The lowest BCUT2D eigenvalue weighted by molar-refractivity contribution is -0.870. The highest BCUT2D eigenvalue weighted by atomic mass is 35.5. The van der Waals surface area contributed by atoms with E-state index in [1.165, 1.54) is 135 Å². The zero-order valence-electron chi connectivity index (χ0n) is 21.8. The third kappa shape index (κ3) is 38.8. The molecule has 0 aliphatic heterocycles. The molecule has 0 atom stereocenters. The molecule has 0 amide bonds. The summed E-state index contributed by atoms with van der Waals surface area (Å²) in [5.41, 5.74) is 0. The van der Waals surface area contributed by atoms with Gasteiger partial charge in [-0.3, -0.25) is 0 Å². The van der Waals surface area contributed by atoms with Crippen LogP contribution in [0.2, 0.25) is 0 Å². The molecule has 30 heavy (non-hydrogen) atoms. The van der Waals surface area contributed by atoms with E-state index in [-0.39, 0.29) is 19.0 Å². The first kappa shape index (κ1) is 34.8. The fraction of sp³-hybridized carbons (Fsp3) is 1.00. The summed E-state index contributed by atoms with van der Waals surface area (Å²) in [6.07, 6.45) is 29.3. The number of hydrogen-bond acceptors (Lipinski definition) is 1. The first-order chi connectivity index (χ1) is 14.0. The van der Waals surface area contributed by atoms with Gasteiger partial charge in [0.1, 0.15) is 0 Å². The lowest BCUT2D eigenvalue weighted by Gasteiger charge is -2.23. The molecule has 0 aromatic heterocycles. The Hall–Kier alpha value is 0.210. The summed E-state index contributed by atoms with van der Waals surface area (Å²) in [5.74, 6) is 0. The van der Waals surface area contributed by atoms with E-state index in [4.69, 9.17) is 5.11 Å². The number of unbranched alkanes of at least 4 members (excludes halogenated alkanes) is 19. The number of nitrogens with zero attached hydrogens (tertiary/aromatic N) is 1. The number of aliphatic hydroxyl groups excluding tert-OH is 1. The van der Waals surface area contributed by atoms with Gasteiger partial charge in [0.05, 0.1) is 27.7 Å². The van der Waals surface area contributed by atoms with Crippen molar-refractivity contribution in [1.29, 1.82) is 0 Å². The van der Waals surface area contributed by atoms with Crippen molar-refractivity contribution in [3.05, 3.63) is 0 Å². The molecule has 1 N–H and O–H groups in total. The lowest BCUT2D eigenvalue weighted by atomic mass is 10.0. The van der Waals surface area contributed by atoms with Crippen molar-refractivity contribution in [2.75, 3.05) is 34.3 Å². The van der Waals surface area contributed by atoms with Crippen LogP contribution in [0.4, 0.5) is 0 Å². The van der Waals surface area contributed by atoms with Crippen LogP contribution in [0.5, 0.6) is 0 Å². The van der Waals surface area contributed by atoms with Gasteiger partial charge in [0.15, 0.2) is 0 Å². The largest absolute Gasteiger partial charge is 1.00 e. The topological polar surface area (TPSA) is 20.2 Å². The predicted molar refractivity (Wildman–Crippen MR) is 134 cm³/mol. The van der Waals surface area contributed by atoms with E-state index in [0.29, 0.717) is 0 Å². The van der Waals surface area contributed by atoms with E-state index in [0.717, 1.165) is 4.48 Å². The van der Waals surface area contributed by atoms with Crippen molar-refractivity contribution >= 4 is 0 Å². The second kappa shape index (κ2) is 29.2. The molecule has 0 aliphatic rings. The normalized spacial score (nSPS) is 11.0. The Labute approximate surface area is 198 Å². The molecule has 0 unspecified atom stereocenters. The molecule has 2 nitrogen and oxygen atoms in total. The zero-order valence-corrected chi connectivity index (χ0v) is 22.6. The van der Waals surface area contributed by atoms with E-state index in [1.807, 2.05) is 0 Å². The Morgan fingerprint density at radius 3 is 0.833 bits per heavy atom. The van der Waals surface area contributed by atoms with Crippen LogP contribution >= 0.6 is 0 Å². The Kier molecular flexibility index (Phi) is 33.9. The van der Waals surface area contributed by atoms with Crippen molar-refractivity contribution in [1.82, 2.24) is 0 Å². The van der Waals surface area contributed by atoms with Gasteiger partial charge in [0, 0.05) is 6.61 Å². The minimum Gasteiger partial charge on any atom is -1.00 e. The van der Waals surface area contributed by atoms with Gasteiger partial charge in [0.25, 0.3) is 0 Å². The van der Waals surface area contributed by atoms with E-state index >= 15 is 0 Å². The average Bonchev–Trinajstić information content (AvgIpc) is 2.66. The fourth-order valence-electron chi connectivity index (χ4n) is 3.84. The van der Waals surface area contributed by atoms with E-state index in [9.17, 15) is 0 Å². The molecular weight excluding hydrogens is 390 g/mol. The lowest BCUT2D eigenvalue weighted by Crippen LogP contribution is -3.00. The SMILES string of the molecule is CCCCCCCCCCCCCCCCCCCCCC[N+](C)(C)C.CCO.[Cl-]. The molecule has 0 heterocycles. The maximum absolute atomic E-state index is 7.57. The van der Waals surface area contributed by atoms with Crippen molar-refractivity contribution in [2.45, 2.75) is 142 Å². The molecule has 0 saturated carbocycles. The van der Waals surface area contributed by atoms with Crippen LogP contribution in [0.25, 0.3) is 0 Å². The maximum Gasteiger partial charge on any atom is 0.0780 e. The number of hydrogen-bond donors (Lipinski definition) is 1. The minimum absolute atomic E-state index is 0. The summed E-state index contributed by atoms with van der Waals surface area (Å²) in [6, 6.07) is 0. The molecule has 0 fully saturated rings. The molecule has 0 aromatic carbocycles. The van der Waals surface area contributed by atoms with E-state index < -0.39 is 0 Å². The maximum atomic E-state index is 7.57. The minimum atomic E-state index is 0. The number of rotatable bonds is 21. The van der Waals surface area contributed by atoms with Crippen molar-refractivity contribution in [2.24, 2.45) is 0 Å². The van der Waals surface area contributed by atoms with Gasteiger partial charge in [-0.2, -0.15) is 0 Å². The first-order valence-electron chi connectivity index (χ1n) is 13.4. The highest BCUT2D eigenvalue weighted by Crippen LogP contribution is 2.14. The van der Waals surface area contributed by atoms with Crippen molar-refractivity contribution in [3.63, 3.8) is 0 Å². The van der Waals surface area contributed by atoms with E-state index in [1.54, 1.807) is 6.92 Å². The third-order valence-corrected chi connectivity index (χ3v) is 5.68. The molecule has 186 valence electrons. The molecule has 3 heteroatoms. The van der Waals surface area contributed by atoms with Gasteiger partial charge in [-0.1, -0.05) is 122 Å². The van der Waals surface area contributed by atoms with Crippen LogP contribution < -0.4 is 12.4 Å². The number of halogens is 1. The molecule has 0 bridgehead atoms. The summed E-state index contributed by atoms with van der Waals surface area (Å²) < 4.78 is 1.12. The van der Waals surface area contributed by atoms with Gasteiger partial charge in [0.2, 0.25) is 0 Å². The van der Waals surface area contributed by atoms with Crippen LogP contribution in [-0.4, -0.2) is 43.9 Å². The monoisotopic (exact) mass is 449 g/mol. The van der Waals surface area contributed by atoms with Crippen LogP contribution in [0.3, 0.4) is 0 Å². The summed E-state index contributed by atoms with van der Waals surface area (Å²) in [7, 11) is 6.90. The summed E-state index contributed by atoms with van der Waals surface area (Å²) in [6.45, 7) is 5.56. The zero-order chi connectivity index (χ0) is 22.1. The van der Waals surface area contributed by atoms with Gasteiger partial charge in [-0.25, -0.2) is 0 Å². The van der Waals surface area contributed by atoms with Crippen molar-refractivity contribution < 1.29 is 22.0 Å². The Bertz CT molecular complexity index is 279. The molecular formula is C27H60ClNO. The standard InChI is InChI=1S/C25H54N.C2H6O.ClH/c1-5-6-7-8-9-10-11-12-13-14-15-16-17-18-19-20-21-22-23-24-25-26(2,3)4;1-2-3;/h5-25H2,1-4H3;3H,2H2,1H3;1H/q+1;;/p-1. The summed E-state index contributed by atoms with van der Waals surface area (Å²) >= 11 is 0. The van der Waals surface area contributed by atoms with Crippen LogP contribution in [-0.2, 0) is 0 Å². The molecule has 0 rings (SSSR count). The second-order valence-electron chi connectivity index (χ2n) is 10.0. The van der Waals surface area contributed by atoms with Crippen LogP contribution in [0, 0.1) is 0 Å². The molecule has 0 spiro atoms. The Balaban J connectivity index is -0.00000171. The van der Waals surface area contributed by atoms with Crippen molar-refractivity contribution in [3.8, 4) is 0 Å². The van der Waals surface area contributed by atoms with Gasteiger partial charge >= 0.3 is 0 Å². The van der Waals surface area contributed by atoms with Gasteiger partial charge in [-0.05, 0) is 19.8 Å². The Morgan fingerprint density at radius 2 is 0.633 bits per heavy atom. The fourth-order valence-corrected chi connectivity index (χ4v) is 3.84. The molecule has 0 radical (unpaired) electrons. The van der Waals surface area contributed by atoms with E-state index in [2.05, 4.69) is 28.1 Å². The summed E-state index contributed by atoms with van der Waals surface area (Å²) in [4.78, 5) is 0. The molecule has 0 aliphatic carbocycles. The third-order valence-electron chi connectivity index (χ3n) is 5.68. The highest BCUT2D eigenvalue weighted by Gasteiger charge is 2.04. The first-order valence-corrected chi connectivity index (χ1v) is 13.4. The Morgan fingerprint density at radius 1 is 0.433 bits per heavy atom. The molecule has 0 aromatic rings. The highest BCUT2D eigenvalue weighted by molar-refractivity contribution is 4.50. The second-order valence-corrected chi connectivity index (χ2v) is 10.0. The van der Waals surface area contributed by atoms with Gasteiger partial charge < -0.3 is 22.0 Å². The smallest absolute Gasteiger partial charge is 0.0780 e. The van der Waals surface area contributed by atoms with Gasteiger partial charge in [-0.15, -0.1) is 0 Å². The predicted octanol–water partition coefficient (Wildman–Crippen LogP) is 5.52.